The summed E-state index contributed by atoms with van der Waals surface area (Å²) in [4.78, 5) is 0. The van der Waals surface area contributed by atoms with Crippen molar-refractivity contribution in [3.63, 3.8) is 0 Å². The molecule has 0 saturated heterocycles. The van der Waals surface area contributed by atoms with Gasteiger partial charge in [0.25, 0.3) is 0 Å². The monoisotopic (exact) mass is 191 g/mol. The van der Waals surface area contributed by atoms with Crippen molar-refractivity contribution < 1.29 is 5.11 Å². The van der Waals surface area contributed by atoms with Gasteiger partial charge in [-0.3, -0.25) is 0 Å². The Bertz CT molecular complexity index is 324. The fourth-order valence-electron chi connectivity index (χ4n) is 2.26. The van der Waals surface area contributed by atoms with Gasteiger partial charge in [0.1, 0.15) is 0 Å². The van der Waals surface area contributed by atoms with Gasteiger partial charge in [0.2, 0.25) is 0 Å². The maximum Gasteiger partial charge on any atom is 0.0814 e. The first-order chi connectivity index (χ1) is 6.73. The number of fused-ring (bicyclic) bond motifs is 1. The predicted octanol–water partition coefficient (Wildman–Crippen LogP) is 1.13. The Balaban J connectivity index is 2.20. The van der Waals surface area contributed by atoms with E-state index in [0.29, 0.717) is 6.54 Å². The number of hydrogen-bond acceptors (Lipinski definition) is 2. The first-order valence-electron chi connectivity index (χ1n) is 5.17. The third-order valence-corrected chi connectivity index (χ3v) is 3.00. The molecular weight excluding hydrogens is 174 g/mol. The number of hydrogen-bond donors (Lipinski definition) is 2. The first kappa shape index (κ1) is 9.69. The maximum absolute atomic E-state index is 10.3. The summed E-state index contributed by atoms with van der Waals surface area (Å²) in [7, 11) is 1.89. The molecule has 1 aliphatic rings. The summed E-state index contributed by atoms with van der Waals surface area (Å²) in [5.41, 5.74) is 2.16. The van der Waals surface area contributed by atoms with Crippen LogP contribution < -0.4 is 5.32 Å². The van der Waals surface area contributed by atoms with E-state index in [2.05, 4.69) is 23.5 Å². The molecule has 1 aromatic carbocycles. The van der Waals surface area contributed by atoms with E-state index in [-0.39, 0.29) is 0 Å². The van der Waals surface area contributed by atoms with Gasteiger partial charge < -0.3 is 10.4 Å². The third-order valence-electron chi connectivity index (χ3n) is 3.00. The number of rotatable bonds is 2. The highest BCUT2D eigenvalue weighted by atomic mass is 16.3. The second-order valence-corrected chi connectivity index (χ2v) is 4.20. The lowest BCUT2D eigenvalue weighted by atomic mass is 9.80. The van der Waals surface area contributed by atoms with Crippen molar-refractivity contribution in [2.75, 3.05) is 13.6 Å². The highest BCUT2D eigenvalue weighted by molar-refractivity contribution is 5.31. The van der Waals surface area contributed by atoms with Gasteiger partial charge in [-0.2, -0.15) is 0 Å². The smallest absolute Gasteiger partial charge is 0.0814 e. The van der Waals surface area contributed by atoms with Crippen LogP contribution in [0.15, 0.2) is 24.3 Å². The zero-order chi connectivity index (χ0) is 10.0. The molecule has 0 aromatic heterocycles. The molecule has 0 fully saturated rings. The van der Waals surface area contributed by atoms with E-state index in [4.69, 9.17) is 0 Å². The van der Waals surface area contributed by atoms with E-state index in [1.807, 2.05) is 13.1 Å². The number of aliphatic hydroxyl groups is 1. The average Bonchev–Trinajstić information content (AvgIpc) is 2.17. The van der Waals surface area contributed by atoms with E-state index in [0.717, 1.165) is 19.3 Å². The average molecular weight is 191 g/mol. The Morgan fingerprint density at radius 3 is 2.79 bits per heavy atom. The molecule has 2 N–H and O–H groups in total. The van der Waals surface area contributed by atoms with Crippen molar-refractivity contribution in [2.24, 2.45) is 0 Å². The summed E-state index contributed by atoms with van der Waals surface area (Å²) in [6.45, 7) is 0.682. The summed E-state index contributed by atoms with van der Waals surface area (Å²) in [6.07, 6.45) is 2.64. The van der Waals surface area contributed by atoms with E-state index in [9.17, 15) is 5.11 Å². The minimum Gasteiger partial charge on any atom is -0.388 e. The molecule has 2 rings (SSSR count). The molecule has 0 spiro atoms. The molecule has 0 radical (unpaired) electrons. The van der Waals surface area contributed by atoms with Gasteiger partial charge in [-0.25, -0.2) is 0 Å². The molecule has 1 unspecified atom stereocenters. The zero-order valence-corrected chi connectivity index (χ0v) is 8.59. The molecule has 2 nitrogen and oxygen atoms in total. The van der Waals surface area contributed by atoms with Gasteiger partial charge in [-0.15, -0.1) is 0 Å². The number of nitrogens with one attached hydrogen (secondary N) is 1. The third kappa shape index (κ3) is 1.81. The largest absolute Gasteiger partial charge is 0.388 e. The van der Waals surface area contributed by atoms with Crippen LogP contribution in [-0.4, -0.2) is 24.3 Å². The van der Waals surface area contributed by atoms with Crippen LogP contribution in [0.2, 0.25) is 0 Å². The van der Waals surface area contributed by atoms with E-state index >= 15 is 0 Å². The molecule has 0 amide bonds. The van der Waals surface area contributed by atoms with Crippen molar-refractivity contribution in [1.82, 2.24) is 5.32 Å². The van der Waals surface area contributed by atoms with Gasteiger partial charge in [-0.1, -0.05) is 24.3 Å². The molecule has 0 aliphatic heterocycles. The van der Waals surface area contributed by atoms with Crippen LogP contribution in [-0.2, 0) is 12.8 Å². The van der Waals surface area contributed by atoms with Crippen molar-refractivity contribution in [1.29, 1.82) is 0 Å². The first-order valence-corrected chi connectivity index (χ1v) is 5.17. The van der Waals surface area contributed by atoms with Crippen LogP contribution in [0.25, 0.3) is 0 Å². The SMILES string of the molecule is CNCC1(O)CCc2ccccc2C1. The van der Waals surface area contributed by atoms with Crippen LogP contribution in [0, 0.1) is 0 Å². The molecule has 76 valence electrons. The standard InChI is InChI=1S/C12H17NO/c1-13-9-12(14)7-6-10-4-2-3-5-11(10)8-12/h2-5,13-14H,6-9H2,1H3. The summed E-state index contributed by atoms with van der Waals surface area (Å²) in [5.74, 6) is 0. The van der Waals surface area contributed by atoms with Gasteiger partial charge in [0.15, 0.2) is 0 Å². The number of aryl methyl sites for hydroxylation is 1. The lowest BCUT2D eigenvalue weighted by Crippen LogP contribution is -2.44. The summed E-state index contributed by atoms with van der Waals surface area (Å²) in [6, 6.07) is 8.40. The topological polar surface area (TPSA) is 32.3 Å². The Hall–Kier alpha value is -0.860. The maximum atomic E-state index is 10.3. The van der Waals surface area contributed by atoms with Gasteiger partial charge in [-0.05, 0) is 31.0 Å². The molecule has 1 atom stereocenters. The quantitative estimate of drug-likeness (QED) is 0.734. The van der Waals surface area contributed by atoms with E-state index in [1.54, 1.807) is 0 Å². The summed E-state index contributed by atoms with van der Waals surface area (Å²) in [5, 5.41) is 13.3. The highest BCUT2D eigenvalue weighted by Crippen LogP contribution is 2.27. The highest BCUT2D eigenvalue weighted by Gasteiger charge is 2.30. The lowest BCUT2D eigenvalue weighted by molar-refractivity contribution is 0.0286. The van der Waals surface area contributed by atoms with Crippen LogP contribution in [0.4, 0.5) is 0 Å². The van der Waals surface area contributed by atoms with Crippen LogP contribution >= 0.6 is 0 Å². The van der Waals surface area contributed by atoms with Crippen LogP contribution in [0.3, 0.4) is 0 Å². The molecule has 0 heterocycles. The fraction of sp³-hybridized carbons (Fsp3) is 0.500. The van der Waals surface area contributed by atoms with E-state index in [1.165, 1.54) is 11.1 Å². The second kappa shape index (κ2) is 3.71. The Labute approximate surface area is 85.0 Å². The van der Waals surface area contributed by atoms with Gasteiger partial charge in [0.05, 0.1) is 5.60 Å². The Morgan fingerprint density at radius 1 is 1.36 bits per heavy atom. The Morgan fingerprint density at radius 2 is 2.07 bits per heavy atom. The van der Waals surface area contributed by atoms with Crippen molar-refractivity contribution in [3.8, 4) is 0 Å². The van der Waals surface area contributed by atoms with E-state index < -0.39 is 5.60 Å². The van der Waals surface area contributed by atoms with Crippen LogP contribution in [0.5, 0.6) is 0 Å². The molecule has 0 bridgehead atoms. The molecule has 14 heavy (non-hydrogen) atoms. The fourth-order valence-corrected chi connectivity index (χ4v) is 2.26. The van der Waals surface area contributed by atoms with Gasteiger partial charge in [0, 0.05) is 13.0 Å². The molecular formula is C12H17NO. The van der Waals surface area contributed by atoms with Gasteiger partial charge >= 0.3 is 0 Å². The minimum absolute atomic E-state index is 0.539. The lowest BCUT2D eigenvalue weighted by Gasteiger charge is -2.33. The number of likely N-dealkylation sites (N-methyl/N-ethyl adjacent to an activating group) is 1. The zero-order valence-electron chi connectivity index (χ0n) is 8.59. The van der Waals surface area contributed by atoms with Crippen molar-refractivity contribution in [3.05, 3.63) is 35.4 Å². The summed E-state index contributed by atoms with van der Waals surface area (Å²) < 4.78 is 0. The second-order valence-electron chi connectivity index (χ2n) is 4.20. The predicted molar refractivity (Wildman–Crippen MR) is 57.3 cm³/mol. The molecule has 2 heteroatoms. The molecule has 0 saturated carbocycles. The number of benzene rings is 1. The van der Waals surface area contributed by atoms with Crippen molar-refractivity contribution in [2.45, 2.75) is 24.9 Å². The Kier molecular flexibility index (Phi) is 2.57. The minimum atomic E-state index is -0.539. The molecule has 1 aliphatic carbocycles. The molecule has 1 aromatic rings. The van der Waals surface area contributed by atoms with Crippen LogP contribution in [0.1, 0.15) is 17.5 Å². The summed E-state index contributed by atoms with van der Waals surface area (Å²) >= 11 is 0. The van der Waals surface area contributed by atoms with Crippen molar-refractivity contribution >= 4 is 0 Å². The normalized spacial score (nSPS) is 25.9.